The maximum Gasteiger partial charge on any atom is 0.332 e. The summed E-state index contributed by atoms with van der Waals surface area (Å²) in [6, 6.07) is 4.86. The number of methoxy groups -OCH3 is 1. The van der Waals surface area contributed by atoms with Gasteiger partial charge in [-0.2, -0.15) is 0 Å². The third-order valence-corrected chi connectivity index (χ3v) is 3.35. The van der Waals surface area contributed by atoms with Crippen LogP contribution in [0.15, 0.2) is 18.2 Å². The van der Waals surface area contributed by atoms with Crippen molar-refractivity contribution in [3.05, 3.63) is 23.2 Å². The molecule has 1 aromatic rings. The Hall–Kier alpha value is -1.79. The van der Waals surface area contributed by atoms with E-state index in [-0.39, 0.29) is 0 Å². The lowest BCUT2D eigenvalue weighted by molar-refractivity contribution is -0.150. The number of hydrogen-bond donors (Lipinski definition) is 2. The van der Waals surface area contributed by atoms with E-state index in [0.29, 0.717) is 29.3 Å². The van der Waals surface area contributed by atoms with Gasteiger partial charge in [0.05, 0.1) is 17.8 Å². The highest BCUT2D eigenvalue weighted by Gasteiger charge is 2.34. The highest BCUT2D eigenvalue weighted by atomic mass is 35.5. The van der Waals surface area contributed by atoms with Crippen LogP contribution < -0.4 is 10.1 Å². The second kappa shape index (κ2) is 6.11. The van der Waals surface area contributed by atoms with Crippen LogP contribution in [0.4, 0.5) is 5.69 Å². The quantitative estimate of drug-likeness (QED) is 0.887. The average Bonchev–Trinajstić information content (AvgIpc) is 2.91. The summed E-state index contributed by atoms with van der Waals surface area (Å²) >= 11 is 5.98. The van der Waals surface area contributed by atoms with Crippen molar-refractivity contribution >= 4 is 29.2 Å². The van der Waals surface area contributed by atoms with Gasteiger partial charge in [0.2, 0.25) is 0 Å². The van der Waals surface area contributed by atoms with Crippen LogP contribution in [0, 0.1) is 0 Å². The second-order valence-electron chi connectivity index (χ2n) is 4.36. The minimum absolute atomic E-state index is 0.319. The Morgan fingerprint density at radius 3 is 2.70 bits per heavy atom. The number of aliphatic carboxylic acids is 1. The summed E-state index contributed by atoms with van der Waals surface area (Å²) in [4.78, 5) is 22.8. The summed E-state index contributed by atoms with van der Waals surface area (Å²) in [5.74, 6) is -0.913. The number of ether oxygens (including phenoxy) is 2. The van der Waals surface area contributed by atoms with Gasteiger partial charge >= 0.3 is 5.97 Å². The van der Waals surface area contributed by atoms with E-state index in [1.165, 1.54) is 7.11 Å². The second-order valence-corrected chi connectivity index (χ2v) is 4.77. The fourth-order valence-electron chi connectivity index (χ4n) is 1.95. The lowest BCUT2D eigenvalue weighted by atomic mass is 10.2. The lowest BCUT2D eigenvalue weighted by Gasteiger charge is -2.13. The maximum atomic E-state index is 12.0. The number of hydrogen-bond acceptors (Lipinski definition) is 4. The molecule has 0 radical (unpaired) electrons. The molecule has 1 aliphatic rings. The van der Waals surface area contributed by atoms with Crippen molar-refractivity contribution in [3.8, 4) is 5.75 Å². The fraction of sp³-hybridized carbons (Fsp3) is 0.385. The van der Waals surface area contributed by atoms with Crippen LogP contribution in [0.25, 0.3) is 0 Å². The summed E-state index contributed by atoms with van der Waals surface area (Å²) in [7, 11) is 1.51. The van der Waals surface area contributed by atoms with Crippen LogP contribution in [0.5, 0.6) is 5.75 Å². The van der Waals surface area contributed by atoms with Crippen molar-refractivity contribution in [2.75, 3.05) is 12.4 Å². The average molecular weight is 300 g/mol. The summed E-state index contributed by atoms with van der Waals surface area (Å²) in [6.07, 6.45) is -1.02. The van der Waals surface area contributed by atoms with Gasteiger partial charge < -0.3 is 19.9 Å². The van der Waals surface area contributed by atoms with E-state index in [2.05, 4.69) is 5.32 Å². The minimum atomic E-state index is -1.06. The van der Waals surface area contributed by atoms with Gasteiger partial charge in [-0.1, -0.05) is 11.6 Å². The van der Waals surface area contributed by atoms with Crippen LogP contribution in [-0.4, -0.2) is 36.3 Å². The molecule has 1 saturated heterocycles. The van der Waals surface area contributed by atoms with Crippen molar-refractivity contribution in [2.45, 2.75) is 25.0 Å². The molecule has 1 aromatic carbocycles. The van der Waals surface area contributed by atoms with Crippen LogP contribution in [0.1, 0.15) is 12.8 Å². The zero-order valence-corrected chi connectivity index (χ0v) is 11.5. The van der Waals surface area contributed by atoms with Crippen molar-refractivity contribution in [3.63, 3.8) is 0 Å². The molecule has 7 heteroatoms. The number of halogens is 1. The van der Waals surface area contributed by atoms with E-state index in [0.717, 1.165) is 0 Å². The van der Waals surface area contributed by atoms with Gasteiger partial charge in [-0.15, -0.1) is 0 Å². The van der Waals surface area contributed by atoms with Gasteiger partial charge in [0.25, 0.3) is 5.91 Å². The molecule has 2 N–H and O–H groups in total. The topological polar surface area (TPSA) is 84.9 Å². The standard InChI is InChI=1S/C13H14ClNO5/c1-19-7-2-3-8(14)9(6-7)15-12(16)10-4-5-11(20-10)13(17)18/h2-3,6,10-11H,4-5H2,1H3,(H,15,16)(H,17,18). The van der Waals surface area contributed by atoms with Gasteiger partial charge in [0.15, 0.2) is 6.10 Å². The third-order valence-electron chi connectivity index (χ3n) is 3.02. The zero-order chi connectivity index (χ0) is 14.7. The van der Waals surface area contributed by atoms with Gasteiger partial charge in [-0.05, 0) is 25.0 Å². The van der Waals surface area contributed by atoms with E-state index in [9.17, 15) is 9.59 Å². The monoisotopic (exact) mass is 299 g/mol. The first-order chi connectivity index (χ1) is 9.51. The Bertz CT molecular complexity index is 533. The molecule has 0 saturated carbocycles. The highest BCUT2D eigenvalue weighted by Crippen LogP contribution is 2.28. The van der Waals surface area contributed by atoms with Crippen LogP contribution >= 0.6 is 11.6 Å². The van der Waals surface area contributed by atoms with Crippen LogP contribution in [-0.2, 0) is 14.3 Å². The number of anilines is 1. The first-order valence-electron chi connectivity index (χ1n) is 6.04. The summed E-state index contributed by atoms with van der Waals surface area (Å²) in [5, 5.41) is 11.8. The number of nitrogens with one attached hydrogen (secondary N) is 1. The van der Waals surface area contributed by atoms with Gasteiger partial charge in [-0.3, -0.25) is 4.79 Å². The normalized spacial score (nSPS) is 21.5. The molecule has 0 bridgehead atoms. The molecular formula is C13H14ClNO5. The molecule has 1 amide bonds. The number of amides is 1. The first-order valence-corrected chi connectivity index (χ1v) is 6.41. The number of benzene rings is 1. The maximum absolute atomic E-state index is 12.0. The minimum Gasteiger partial charge on any atom is -0.497 e. The molecule has 2 unspecified atom stereocenters. The number of rotatable bonds is 4. The van der Waals surface area contributed by atoms with Crippen molar-refractivity contribution in [2.24, 2.45) is 0 Å². The van der Waals surface area contributed by atoms with Crippen LogP contribution in [0.2, 0.25) is 5.02 Å². The Labute approximate surface area is 120 Å². The summed E-state index contributed by atoms with van der Waals surface area (Å²) < 4.78 is 10.2. The van der Waals surface area contributed by atoms with E-state index in [4.69, 9.17) is 26.2 Å². The number of carbonyl (C=O) groups is 2. The van der Waals surface area contributed by atoms with Gasteiger partial charge in [-0.25, -0.2) is 4.79 Å². The Morgan fingerprint density at radius 2 is 2.10 bits per heavy atom. The van der Waals surface area contributed by atoms with Gasteiger partial charge in [0.1, 0.15) is 11.9 Å². The molecule has 2 atom stereocenters. The molecule has 6 nitrogen and oxygen atoms in total. The predicted octanol–water partition coefficient (Wildman–Crippen LogP) is 1.92. The van der Waals surface area contributed by atoms with Crippen molar-refractivity contribution in [1.82, 2.24) is 0 Å². The SMILES string of the molecule is COc1ccc(Cl)c(NC(=O)C2CCC(C(=O)O)O2)c1. The highest BCUT2D eigenvalue weighted by molar-refractivity contribution is 6.33. The zero-order valence-electron chi connectivity index (χ0n) is 10.8. The molecule has 1 aliphatic heterocycles. The Kier molecular flexibility index (Phi) is 4.46. The molecule has 2 rings (SSSR count). The molecule has 20 heavy (non-hydrogen) atoms. The number of carboxylic acids is 1. The predicted molar refractivity (Wildman–Crippen MR) is 72.2 cm³/mol. The summed E-state index contributed by atoms with van der Waals surface area (Å²) in [5.41, 5.74) is 0.401. The largest absolute Gasteiger partial charge is 0.497 e. The van der Waals surface area contributed by atoms with Gasteiger partial charge in [0, 0.05) is 6.07 Å². The van der Waals surface area contributed by atoms with Crippen molar-refractivity contribution < 1.29 is 24.2 Å². The fourth-order valence-corrected chi connectivity index (χ4v) is 2.12. The first kappa shape index (κ1) is 14.6. The molecule has 0 aliphatic carbocycles. The Balaban J connectivity index is 2.03. The molecule has 0 aromatic heterocycles. The number of carbonyl (C=O) groups excluding carboxylic acids is 1. The van der Waals surface area contributed by atoms with E-state index in [1.54, 1.807) is 18.2 Å². The van der Waals surface area contributed by atoms with Crippen LogP contribution in [0.3, 0.4) is 0 Å². The smallest absolute Gasteiger partial charge is 0.332 e. The van der Waals surface area contributed by atoms with E-state index in [1.807, 2.05) is 0 Å². The third kappa shape index (κ3) is 3.20. The van der Waals surface area contributed by atoms with E-state index < -0.39 is 24.1 Å². The lowest BCUT2D eigenvalue weighted by Crippen LogP contribution is -2.30. The molecule has 1 fully saturated rings. The van der Waals surface area contributed by atoms with Crippen molar-refractivity contribution in [1.29, 1.82) is 0 Å². The summed E-state index contributed by atoms with van der Waals surface area (Å²) in [6.45, 7) is 0. The Morgan fingerprint density at radius 1 is 1.40 bits per heavy atom. The van der Waals surface area contributed by atoms with E-state index >= 15 is 0 Å². The molecule has 1 heterocycles. The molecular weight excluding hydrogens is 286 g/mol. The molecule has 108 valence electrons. The number of carboxylic acid groups (broad SMARTS) is 1. The molecule has 0 spiro atoms.